The van der Waals surface area contributed by atoms with E-state index in [0.29, 0.717) is 31.2 Å². The van der Waals surface area contributed by atoms with Crippen molar-refractivity contribution in [1.82, 2.24) is 10.6 Å². The number of ether oxygens (including phenoxy) is 1. The first-order valence-corrected chi connectivity index (χ1v) is 10.3. The molecule has 0 aliphatic carbocycles. The summed E-state index contributed by atoms with van der Waals surface area (Å²) < 4.78 is 5.91. The molecule has 3 aliphatic rings. The average molecular weight is 370 g/mol. The molecule has 2 bridgehead atoms. The molecule has 3 atom stereocenters. The molecule has 3 unspecified atom stereocenters. The summed E-state index contributed by atoms with van der Waals surface area (Å²) in [6.45, 7) is 4.36. The van der Waals surface area contributed by atoms with E-state index in [1.54, 1.807) is 0 Å². The lowest BCUT2D eigenvalue weighted by Gasteiger charge is -2.22. The van der Waals surface area contributed by atoms with E-state index in [9.17, 15) is 4.79 Å². The summed E-state index contributed by atoms with van der Waals surface area (Å²) in [6.07, 6.45) is 6.43. The molecule has 2 N–H and O–H groups in total. The van der Waals surface area contributed by atoms with Crippen LogP contribution >= 0.6 is 0 Å². The van der Waals surface area contributed by atoms with Gasteiger partial charge in [0, 0.05) is 31.7 Å². The standard InChI is InChI=1S/C21H30N4O2/c1-2-22-21(24-17-14-16-9-10-19(17)27-16)23-12-5-8-20(26)25-13-11-15-6-3-4-7-18(15)25/h3-4,6-7,16-17,19H,2,5,8-14H2,1H3,(H2,22,23,24). The van der Waals surface area contributed by atoms with Crippen LogP contribution in [-0.2, 0) is 16.0 Å². The molecule has 1 aromatic rings. The van der Waals surface area contributed by atoms with E-state index in [4.69, 9.17) is 4.74 Å². The topological polar surface area (TPSA) is 66.0 Å². The lowest BCUT2D eigenvalue weighted by molar-refractivity contribution is -0.118. The van der Waals surface area contributed by atoms with Gasteiger partial charge >= 0.3 is 0 Å². The van der Waals surface area contributed by atoms with Gasteiger partial charge in [-0.2, -0.15) is 0 Å². The normalized spacial score (nSPS) is 26.3. The molecule has 1 amide bonds. The summed E-state index contributed by atoms with van der Waals surface area (Å²) in [6, 6.07) is 8.56. The number of carbonyl (C=O) groups excluding carboxylic acids is 1. The number of fused-ring (bicyclic) bond motifs is 3. The Bertz CT molecular complexity index is 705. The van der Waals surface area contributed by atoms with Gasteiger partial charge < -0.3 is 20.3 Å². The third-order valence-electron chi connectivity index (χ3n) is 5.78. The van der Waals surface area contributed by atoms with E-state index in [1.165, 1.54) is 12.0 Å². The van der Waals surface area contributed by atoms with Crippen molar-refractivity contribution in [1.29, 1.82) is 0 Å². The molecular weight excluding hydrogens is 340 g/mol. The van der Waals surface area contributed by atoms with Gasteiger partial charge in [0.1, 0.15) is 0 Å². The molecule has 146 valence electrons. The molecule has 0 radical (unpaired) electrons. The van der Waals surface area contributed by atoms with Crippen molar-refractivity contribution >= 4 is 17.6 Å². The summed E-state index contributed by atoms with van der Waals surface area (Å²) >= 11 is 0. The maximum absolute atomic E-state index is 12.6. The van der Waals surface area contributed by atoms with Crippen LogP contribution in [0.25, 0.3) is 0 Å². The molecule has 0 spiro atoms. The van der Waals surface area contributed by atoms with E-state index in [0.717, 1.165) is 50.4 Å². The minimum atomic E-state index is 0.203. The fraction of sp³-hybridized carbons (Fsp3) is 0.619. The van der Waals surface area contributed by atoms with Crippen LogP contribution in [0.4, 0.5) is 5.69 Å². The van der Waals surface area contributed by atoms with Crippen LogP contribution in [0.15, 0.2) is 29.3 Å². The van der Waals surface area contributed by atoms with Gasteiger partial charge in [-0.25, -0.2) is 0 Å². The molecule has 3 heterocycles. The zero-order chi connectivity index (χ0) is 18.6. The van der Waals surface area contributed by atoms with Gasteiger partial charge in [0.25, 0.3) is 0 Å². The van der Waals surface area contributed by atoms with Gasteiger partial charge in [0.2, 0.25) is 5.91 Å². The van der Waals surface area contributed by atoms with Crippen molar-refractivity contribution in [2.75, 3.05) is 24.5 Å². The molecule has 1 aromatic carbocycles. The van der Waals surface area contributed by atoms with Crippen molar-refractivity contribution in [3.8, 4) is 0 Å². The molecule has 27 heavy (non-hydrogen) atoms. The number of guanidine groups is 1. The van der Waals surface area contributed by atoms with Crippen molar-refractivity contribution in [3.05, 3.63) is 29.8 Å². The van der Waals surface area contributed by atoms with Gasteiger partial charge in [-0.3, -0.25) is 9.79 Å². The Labute approximate surface area is 161 Å². The second-order valence-electron chi connectivity index (χ2n) is 7.65. The Morgan fingerprint density at radius 3 is 3.00 bits per heavy atom. The van der Waals surface area contributed by atoms with Crippen LogP contribution in [0, 0.1) is 0 Å². The first-order valence-electron chi connectivity index (χ1n) is 10.3. The van der Waals surface area contributed by atoms with Crippen molar-refractivity contribution in [3.63, 3.8) is 0 Å². The number of rotatable bonds is 6. The Hall–Kier alpha value is -2.08. The van der Waals surface area contributed by atoms with E-state index >= 15 is 0 Å². The second-order valence-corrected chi connectivity index (χ2v) is 7.65. The molecule has 6 nitrogen and oxygen atoms in total. The van der Waals surface area contributed by atoms with E-state index in [2.05, 4.69) is 28.6 Å². The predicted molar refractivity (Wildman–Crippen MR) is 107 cm³/mol. The largest absolute Gasteiger partial charge is 0.373 e. The first kappa shape index (κ1) is 18.3. The zero-order valence-corrected chi connectivity index (χ0v) is 16.1. The number of hydrogen-bond acceptors (Lipinski definition) is 3. The third-order valence-corrected chi connectivity index (χ3v) is 5.78. The van der Waals surface area contributed by atoms with Crippen LogP contribution in [0.2, 0.25) is 0 Å². The molecule has 3 aliphatic heterocycles. The highest BCUT2D eigenvalue weighted by atomic mass is 16.5. The van der Waals surface area contributed by atoms with Crippen LogP contribution in [0.1, 0.15) is 44.6 Å². The lowest BCUT2D eigenvalue weighted by Crippen LogP contribution is -2.47. The monoisotopic (exact) mass is 370 g/mol. The summed E-state index contributed by atoms with van der Waals surface area (Å²) in [5.74, 6) is 1.05. The number of nitrogens with zero attached hydrogens (tertiary/aromatic N) is 2. The first-order chi connectivity index (χ1) is 13.2. The van der Waals surface area contributed by atoms with E-state index in [1.807, 2.05) is 23.1 Å². The minimum Gasteiger partial charge on any atom is -0.373 e. The highest BCUT2D eigenvalue weighted by molar-refractivity contribution is 5.95. The van der Waals surface area contributed by atoms with Gasteiger partial charge in [-0.15, -0.1) is 0 Å². The highest BCUT2D eigenvalue weighted by Gasteiger charge is 2.41. The zero-order valence-electron chi connectivity index (χ0n) is 16.1. The predicted octanol–water partition coefficient (Wildman–Crippen LogP) is 2.23. The Kier molecular flexibility index (Phi) is 5.62. The smallest absolute Gasteiger partial charge is 0.227 e. The Balaban J connectivity index is 1.25. The van der Waals surface area contributed by atoms with Crippen LogP contribution in [-0.4, -0.2) is 49.8 Å². The van der Waals surface area contributed by atoms with Gasteiger partial charge in [0.05, 0.1) is 18.2 Å². The molecular formula is C21H30N4O2. The SMILES string of the molecule is CCNC(=NCCCC(=O)N1CCc2ccccc21)NC1CC2CCC1O2. The lowest BCUT2D eigenvalue weighted by atomic mass is 9.96. The number of aliphatic imine (C=N–C) groups is 1. The fourth-order valence-electron chi connectivity index (χ4n) is 4.44. The van der Waals surface area contributed by atoms with Crippen molar-refractivity contribution < 1.29 is 9.53 Å². The van der Waals surface area contributed by atoms with Crippen molar-refractivity contribution in [2.24, 2.45) is 4.99 Å². The van der Waals surface area contributed by atoms with E-state index in [-0.39, 0.29) is 5.91 Å². The quantitative estimate of drug-likeness (QED) is 0.458. The summed E-state index contributed by atoms with van der Waals surface area (Å²) in [5, 5.41) is 6.84. The number of anilines is 1. The van der Waals surface area contributed by atoms with Crippen molar-refractivity contribution in [2.45, 2.75) is 63.7 Å². The van der Waals surface area contributed by atoms with Gasteiger partial charge in [0.15, 0.2) is 5.96 Å². The molecule has 2 saturated heterocycles. The van der Waals surface area contributed by atoms with Crippen LogP contribution in [0.3, 0.4) is 0 Å². The van der Waals surface area contributed by atoms with Crippen LogP contribution < -0.4 is 15.5 Å². The average Bonchev–Trinajstić information content (AvgIpc) is 3.40. The molecule has 0 saturated carbocycles. The molecule has 2 fully saturated rings. The van der Waals surface area contributed by atoms with Gasteiger partial charge in [-0.1, -0.05) is 18.2 Å². The molecule has 0 aromatic heterocycles. The Morgan fingerprint density at radius 2 is 2.22 bits per heavy atom. The third kappa shape index (κ3) is 4.10. The number of para-hydroxylation sites is 1. The Morgan fingerprint density at radius 1 is 1.33 bits per heavy atom. The number of amides is 1. The maximum atomic E-state index is 12.6. The van der Waals surface area contributed by atoms with Crippen LogP contribution in [0.5, 0.6) is 0 Å². The number of nitrogens with one attached hydrogen (secondary N) is 2. The highest BCUT2D eigenvalue weighted by Crippen LogP contribution is 2.34. The fourth-order valence-corrected chi connectivity index (χ4v) is 4.44. The molecule has 6 heteroatoms. The van der Waals surface area contributed by atoms with Gasteiger partial charge in [-0.05, 0) is 50.7 Å². The summed E-state index contributed by atoms with van der Waals surface area (Å²) in [5.41, 5.74) is 2.35. The number of hydrogen-bond donors (Lipinski definition) is 2. The molecule has 4 rings (SSSR count). The minimum absolute atomic E-state index is 0.203. The summed E-state index contributed by atoms with van der Waals surface area (Å²) in [4.78, 5) is 19.2. The number of carbonyl (C=O) groups is 1. The second kappa shape index (κ2) is 8.30. The maximum Gasteiger partial charge on any atom is 0.227 e. The van der Waals surface area contributed by atoms with E-state index < -0.39 is 0 Å². The number of benzene rings is 1. The summed E-state index contributed by atoms with van der Waals surface area (Å²) in [7, 11) is 0.